The van der Waals surface area contributed by atoms with Gasteiger partial charge in [0.15, 0.2) is 0 Å². The molecule has 0 aromatic heterocycles. The van der Waals surface area contributed by atoms with Crippen molar-refractivity contribution in [1.82, 2.24) is 0 Å². The molecule has 1 heteroatoms. The molecule has 0 heterocycles. The number of hydrogen-bond acceptors (Lipinski definition) is 1. The first-order valence-electron chi connectivity index (χ1n) is 4.63. The van der Waals surface area contributed by atoms with Crippen LogP contribution < -0.4 is 5.73 Å². The number of rotatable bonds is 2. The van der Waals surface area contributed by atoms with E-state index in [2.05, 4.69) is 0 Å². The van der Waals surface area contributed by atoms with Gasteiger partial charge in [-0.1, -0.05) is 12.8 Å². The second kappa shape index (κ2) is 2.54. The number of hydrogen-bond donors (Lipinski definition) is 1. The predicted molar refractivity (Wildman–Crippen MR) is 42.7 cm³/mol. The molecule has 0 aliphatic heterocycles. The first-order valence-corrected chi connectivity index (χ1v) is 4.63. The van der Waals surface area contributed by atoms with Crippen molar-refractivity contribution in [2.24, 2.45) is 17.6 Å². The minimum atomic E-state index is 0.572. The molecule has 2 aliphatic rings. The van der Waals surface area contributed by atoms with E-state index in [-0.39, 0.29) is 0 Å². The third-order valence-electron chi connectivity index (χ3n) is 3.11. The molecule has 0 saturated heterocycles. The van der Waals surface area contributed by atoms with E-state index in [0.29, 0.717) is 6.04 Å². The zero-order valence-electron chi connectivity index (χ0n) is 6.55. The van der Waals surface area contributed by atoms with Gasteiger partial charge in [0.1, 0.15) is 0 Å². The van der Waals surface area contributed by atoms with E-state index in [0.717, 1.165) is 11.8 Å². The highest BCUT2D eigenvalue weighted by molar-refractivity contribution is 4.90. The average molecular weight is 139 g/mol. The molecule has 1 atom stereocenters. The Kier molecular flexibility index (Phi) is 1.69. The Morgan fingerprint density at radius 2 is 1.40 bits per heavy atom. The Bertz CT molecular complexity index is 112. The van der Waals surface area contributed by atoms with Gasteiger partial charge >= 0.3 is 0 Å². The van der Waals surface area contributed by atoms with Crippen molar-refractivity contribution in [1.29, 1.82) is 0 Å². The maximum Gasteiger partial charge on any atom is 0.00956 e. The van der Waals surface area contributed by atoms with Crippen LogP contribution in [0.5, 0.6) is 0 Å². The average Bonchev–Trinajstić information content (AvgIpc) is 2.65. The van der Waals surface area contributed by atoms with Crippen molar-refractivity contribution < 1.29 is 0 Å². The van der Waals surface area contributed by atoms with Gasteiger partial charge in [0.25, 0.3) is 0 Å². The molecule has 0 bridgehead atoms. The van der Waals surface area contributed by atoms with Crippen molar-refractivity contribution >= 4 is 0 Å². The topological polar surface area (TPSA) is 26.0 Å². The fourth-order valence-corrected chi connectivity index (χ4v) is 2.21. The molecule has 0 aromatic rings. The number of nitrogens with two attached hydrogens (primary N) is 1. The quantitative estimate of drug-likeness (QED) is 0.621. The summed E-state index contributed by atoms with van der Waals surface area (Å²) in [5.74, 6) is 1.82. The molecule has 0 amide bonds. The highest BCUT2D eigenvalue weighted by atomic mass is 14.7. The van der Waals surface area contributed by atoms with Gasteiger partial charge in [0.2, 0.25) is 0 Å². The summed E-state index contributed by atoms with van der Waals surface area (Å²) in [5, 5.41) is 0. The Labute approximate surface area is 63.0 Å². The lowest BCUT2D eigenvalue weighted by Gasteiger charge is -2.17. The Balaban J connectivity index is 1.84. The first kappa shape index (κ1) is 6.66. The standard InChI is InChI=1S/C9H17N/c10-9(8-5-6-8)7-3-1-2-4-7/h7-9H,1-6,10H2/t9-/m1/s1. The fraction of sp³-hybridized carbons (Fsp3) is 1.00. The maximum atomic E-state index is 6.08. The molecule has 0 spiro atoms. The molecule has 2 fully saturated rings. The van der Waals surface area contributed by atoms with Crippen molar-refractivity contribution in [2.75, 3.05) is 0 Å². The molecular weight excluding hydrogens is 122 g/mol. The minimum absolute atomic E-state index is 0.572. The Morgan fingerprint density at radius 1 is 0.900 bits per heavy atom. The molecule has 1 nitrogen and oxygen atoms in total. The Morgan fingerprint density at radius 3 is 1.90 bits per heavy atom. The molecule has 0 unspecified atom stereocenters. The molecule has 2 aliphatic carbocycles. The zero-order chi connectivity index (χ0) is 6.97. The lowest BCUT2D eigenvalue weighted by atomic mass is 9.95. The van der Waals surface area contributed by atoms with Gasteiger partial charge in [0, 0.05) is 6.04 Å². The van der Waals surface area contributed by atoms with Crippen LogP contribution in [-0.4, -0.2) is 6.04 Å². The molecular formula is C9H17N. The summed E-state index contributed by atoms with van der Waals surface area (Å²) in [5.41, 5.74) is 6.08. The molecule has 0 radical (unpaired) electrons. The second-order valence-corrected chi connectivity index (χ2v) is 3.96. The van der Waals surface area contributed by atoms with Crippen LogP contribution in [0.25, 0.3) is 0 Å². The van der Waals surface area contributed by atoms with Crippen molar-refractivity contribution in [3.05, 3.63) is 0 Å². The van der Waals surface area contributed by atoms with Crippen LogP contribution in [0.4, 0.5) is 0 Å². The molecule has 2 N–H and O–H groups in total. The predicted octanol–water partition coefficient (Wildman–Crippen LogP) is 1.91. The van der Waals surface area contributed by atoms with E-state index < -0.39 is 0 Å². The van der Waals surface area contributed by atoms with Crippen LogP contribution in [0, 0.1) is 11.8 Å². The van der Waals surface area contributed by atoms with E-state index in [4.69, 9.17) is 5.73 Å². The minimum Gasteiger partial charge on any atom is -0.327 e. The van der Waals surface area contributed by atoms with Gasteiger partial charge in [-0.15, -0.1) is 0 Å². The van der Waals surface area contributed by atoms with Gasteiger partial charge in [-0.3, -0.25) is 0 Å². The van der Waals surface area contributed by atoms with Crippen LogP contribution in [0.1, 0.15) is 38.5 Å². The summed E-state index contributed by atoms with van der Waals surface area (Å²) in [6, 6.07) is 0.572. The van der Waals surface area contributed by atoms with Crippen LogP contribution in [0.15, 0.2) is 0 Å². The van der Waals surface area contributed by atoms with Gasteiger partial charge in [-0.05, 0) is 37.5 Å². The smallest absolute Gasteiger partial charge is 0.00956 e. The van der Waals surface area contributed by atoms with Crippen molar-refractivity contribution in [2.45, 2.75) is 44.6 Å². The summed E-state index contributed by atoms with van der Waals surface area (Å²) in [6.07, 6.45) is 8.53. The summed E-state index contributed by atoms with van der Waals surface area (Å²) in [6.45, 7) is 0. The van der Waals surface area contributed by atoms with E-state index in [1.54, 1.807) is 0 Å². The highest BCUT2D eigenvalue weighted by Crippen LogP contribution is 2.39. The second-order valence-electron chi connectivity index (χ2n) is 3.96. The van der Waals surface area contributed by atoms with Crippen LogP contribution >= 0.6 is 0 Å². The van der Waals surface area contributed by atoms with Gasteiger partial charge in [-0.25, -0.2) is 0 Å². The molecule has 2 rings (SSSR count). The van der Waals surface area contributed by atoms with Gasteiger partial charge in [0.05, 0.1) is 0 Å². The van der Waals surface area contributed by atoms with E-state index in [1.165, 1.54) is 38.5 Å². The van der Waals surface area contributed by atoms with E-state index in [1.807, 2.05) is 0 Å². The lowest BCUT2D eigenvalue weighted by molar-refractivity contribution is 0.395. The van der Waals surface area contributed by atoms with Crippen LogP contribution in [0.3, 0.4) is 0 Å². The van der Waals surface area contributed by atoms with Gasteiger partial charge < -0.3 is 5.73 Å². The highest BCUT2D eigenvalue weighted by Gasteiger charge is 2.34. The summed E-state index contributed by atoms with van der Waals surface area (Å²) in [4.78, 5) is 0. The summed E-state index contributed by atoms with van der Waals surface area (Å²) in [7, 11) is 0. The van der Waals surface area contributed by atoms with E-state index >= 15 is 0 Å². The SMILES string of the molecule is N[C@H](C1CCCC1)C1CC1. The third kappa shape index (κ3) is 1.20. The maximum absolute atomic E-state index is 6.08. The van der Waals surface area contributed by atoms with Gasteiger partial charge in [-0.2, -0.15) is 0 Å². The van der Waals surface area contributed by atoms with Crippen molar-refractivity contribution in [3.8, 4) is 0 Å². The monoisotopic (exact) mass is 139 g/mol. The summed E-state index contributed by atoms with van der Waals surface area (Å²) >= 11 is 0. The lowest BCUT2D eigenvalue weighted by Crippen LogP contribution is -2.30. The zero-order valence-corrected chi connectivity index (χ0v) is 6.55. The molecule has 2 saturated carbocycles. The van der Waals surface area contributed by atoms with Crippen LogP contribution in [0.2, 0.25) is 0 Å². The Hall–Kier alpha value is -0.0400. The largest absolute Gasteiger partial charge is 0.327 e. The first-order chi connectivity index (χ1) is 4.88. The molecule has 0 aromatic carbocycles. The summed E-state index contributed by atoms with van der Waals surface area (Å²) < 4.78 is 0. The van der Waals surface area contributed by atoms with E-state index in [9.17, 15) is 0 Å². The molecule has 58 valence electrons. The van der Waals surface area contributed by atoms with Crippen LogP contribution in [-0.2, 0) is 0 Å². The van der Waals surface area contributed by atoms with Crippen molar-refractivity contribution in [3.63, 3.8) is 0 Å². The molecule has 10 heavy (non-hydrogen) atoms. The normalized spacial score (nSPS) is 30.9. The fourth-order valence-electron chi connectivity index (χ4n) is 2.21. The third-order valence-corrected chi connectivity index (χ3v) is 3.11.